The van der Waals surface area contributed by atoms with E-state index in [9.17, 15) is 14.7 Å². The lowest BCUT2D eigenvalue weighted by molar-refractivity contribution is -0.148. The summed E-state index contributed by atoms with van der Waals surface area (Å²) in [7, 11) is 0. The Morgan fingerprint density at radius 2 is 2.28 bits per heavy atom. The quantitative estimate of drug-likeness (QED) is 0.821. The molecule has 0 radical (unpaired) electrons. The van der Waals surface area contributed by atoms with Gasteiger partial charge in [-0.2, -0.15) is 0 Å². The molecule has 0 aromatic heterocycles. The second-order valence-electron chi connectivity index (χ2n) is 5.34. The average molecular weight is 255 g/mol. The summed E-state index contributed by atoms with van der Waals surface area (Å²) in [5.41, 5.74) is -0.730. The molecule has 2 atom stereocenters. The van der Waals surface area contributed by atoms with Crippen molar-refractivity contribution in [2.24, 2.45) is 5.41 Å². The van der Waals surface area contributed by atoms with Gasteiger partial charge in [0, 0.05) is 19.7 Å². The van der Waals surface area contributed by atoms with E-state index in [0.29, 0.717) is 32.4 Å². The van der Waals surface area contributed by atoms with Gasteiger partial charge in [-0.15, -0.1) is 0 Å². The molecule has 2 fully saturated rings. The van der Waals surface area contributed by atoms with E-state index in [4.69, 9.17) is 4.74 Å². The second kappa shape index (κ2) is 5.26. The maximum Gasteiger partial charge on any atom is 0.311 e. The maximum absolute atomic E-state index is 12.1. The molecule has 2 heterocycles. The Labute approximate surface area is 107 Å². The van der Waals surface area contributed by atoms with Crippen LogP contribution in [0.5, 0.6) is 0 Å². The Kier molecular flexibility index (Phi) is 3.90. The number of hydrogen-bond donors (Lipinski definition) is 1. The van der Waals surface area contributed by atoms with Crippen LogP contribution in [0.1, 0.15) is 39.0 Å². The Morgan fingerprint density at radius 3 is 2.78 bits per heavy atom. The zero-order chi connectivity index (χ0) is 13.2. The van der Waals surface area contributed by atoms with E-state index in [2.05, 4.69) is 0 Å². The molecule has 2 rings (SSSR count). The number of hydrogen-bond acceptors (Lipinski definition) is 3. The number of carbonyl (C=O) groups excluding carboxylic acids is 1. The largest absolute Gasteiger partial charge is 0.481 e. The third kappa shape index (κ3) is 2.51. The highest BCUT2D eigenvalue weighted by molar-refractivity contribution is 5.81. The van der Waals surface area contributed by atoms with Gasteiger partial charge in [0.1, 0.15) is 0 Å². The minimum absolute atomic E-state index is 0.0403. The highest BCUT2D eigenvalue weighted by Crippen LogP contribution is 2.34. The second-order valence-corrected chi connectivity index (χ2v) is 5.34. The van der Waals surface area contributed by atoms with Crippen molar-refractivity contribution in [3.05, 3.63) is 0 Å². The van der Waals surface area contributed by atoms with Crippen molar-refractivity contribution in [1.82, 2.24) is 4.90 Å². The van der Waals surface area contributed by atoms with Crippen LogP contribution in [0.25, 0.3) is 0 Å². The van der Waals surface area contributed by atoms with Gasteiger partial charge in [-0.1, -0.05) is 6.92 Å². The number of carbonyl (C=O) groups is 2. The molecule has 0 aliphatic carbocycles. The smallest absolute Gasteiger partial charge is 0.311 e. The number of nitrogens with zero attached hydrogens (tertiary/aromatic N) is 1. The SMILES string of the molecule is CCC1(C(=O)O)CCN(C(=O)CC2CCCO2)C1. The molecule has 1 amide bonds. The summed E-state index contributed by atoms with van der Waals surface area (Å²) in [6, 6.07) is 0. The Bertz CT molecular complexity index is 338. The lowest BCUT2D eigenvalue weighted by Gasteiger charge is -2.23. The highest BCUT2D eigenvalue weighted by atomic mass is 16.5. The van der Waals surface area contributed by atoms with Gasteiger partial charge < -0.3 is 14.7 Å². The first-order valence-corrected chi connectivity index (χ1v) is 6.70. The van der Waals surface area contributed by atoms with Crippen molar-refractivity contribution in [2.45, 2.75) is 45.1 Å². The number of rotatable bonds is 4. The summed E-state index contributed by atoms with van der Waals surface area (Å²) in [6.07, 6.45) is 3.55. The number of carboxylic acids is 1. The first-order valence-electron chi connectivity index (χ1n) is 6.70. The van der Waals surface area contributed by atoms with Crippen molar-refractivity contribution in [1.29, 1.82) is 0 Å². The van der Waals surface area contributed by atoms with Crippen LogP contribution in [-0.2, 0) is 14.3 Å². The van der Waals surface area contributed by atoms with Crippen LogP contribution in [0.2, 0.25) is 0 Å². The van der Waals surface area contributed by atoms with E-state index in [1.807, 2.05) is 6.92 Å². The van der Waals surface area contributed by atoms with E-state index >= 15 is 0 Å². The van der Waals surface area contributed by atoms with Crippen molar-refractivity contribution < 1.29 is 19.4 Å². The molecule has 0 saturated carbocycles. The van der Waals surface area contributed by atoms with Gasteiger partial charge in [0.05, 0.1) is 17.9 Å². The normalized spacial score (nSPS) is 31.8. The zero-order valence-electron chi connectivity index (χ0n) is 10.9. The summed E-state index contributed by atoms with van der Waals surface area (Å²) in [5, 5.41) is 9.28. The van der Waals surface area contributed by atoms with Gasteiger partial charge in [0.15, 0.2) is 0 Å². The molecule has 0 aromatic rings. The first-order chi connectivity index (χ1) is 8.57. The van der Waals surface area contributed by atoms with Crippen molar-refractivity contribution in [3.8, 4) is 0 Å². The van der Waals surface area contributed by atoms with E-state index in [1.165, 1.54) is 0 Å². The standard InChI is InChI=1S/C13H21NO4/c1-2-13(12(16)17)5-6-14(9-13)11(15)8-10-4-3-7-18-10/h10H,2-9H2,1H3,(H,16,17). The number of ether oxygens (including phenoxy) is 1. The number of aliphatic carboxylic acids is 1. The van der Waals surface area contributed by atoms with Crippen LogP contribution in [0.4, 0.5) is 0 Å². The molecule has 0 aromatic carbocycles. The van der Waals surface area contributed by atoms with Gasteiger partial charge >= 0.3 is 5.97 Å². The van der Waals surface area contributed by atoms with Crippen molar-refractivity contribution in [2.75, 3.05) is 19.7 Å². The fraction of sp³-hybridized carbons (Fsp3) is 0.846. The molecule has 2 unspecified atom stereocenters. The fourth-order valence-electron chi connectivity index (χ4n) is 2.83. The topological polar surface area (TPSA) is 66.8 Å². The van der Waals surface area contributed by atoms with E-state index < -0.39 is 11.4 Å². The van der Waals surface area contributed by atoms with Crippen LogP contribution < -0.4 is 0 Å². The van der Waals surface area contributed by atoms with Gasteiger partial charge in [-0.3, -0.25) is 9.59 Å². The monoisotopic (exact) mass is 255 g/mol. The average Bonchev–Trinajstić information content (AvgIpc) is 2.97. The molecule has 102 valence electrons. The van der Waals surface area contributed by atoms with Crippen LogP contribution in [0, 0.1) is 5.41 Å². The summed E-state index contributed by atoms with van der Waals surface area (Å²) >= 11 is 0. The molecule has 1 N–H and O–H groups in total. The van der Waals surface area contributed by atoms with Crippen LogP contribution >= 0.6 is 0 Å². The molecule has 2 aliphatic rings. The minimum Gasteiger partial charge on any atom is -0.481 e. The number of amides is 1. The molecular formula is C13H21NO4. The van der Waals surface area contributed by atoms with Crippen molar-refractivity contribution in [3.63, 3.8) is 0 Å². The lowest BCUT2D eigenvalue weighted by atomic mass is 9.84. The predicted octanol–water partition coefficient (Wildman–Crippen LogP) is 1.27. The lowest BCUT2D eigenvalue weighted by Crippen LogP contribution is -2.37. The molecule has 5 nitrogen and oxygen atoms in total. The predicted molar refractivity (Wildman–Crippen MR) is 65.1 cm³/mol. The minimum atomic E-state index is -0.780. The van der Waals surface area contributed by atoms with E-state index in [0.717, 1.165) is 19.4 Å². The molecule has 0 bridgehead atoms. The molecule has 5 heteroatoms. The van der Waals surface area contributed by atoms with Crippen molar-refractivity contribution >= 4 is 11.9 Å². The Morgan fingerprint density at radius 1 is 1.50 bits per heavy atom. The number of likely N-dealkylation sites (tertiary alicyclic amines) is 1. The van der Waals surface area contributed by atoms with Crippen LogP contribution in [0.3, 0.4) is 0 Å². The van der Waals surface area contributed by atoms with E-state index in [1.54, 1.807) is 4.90 Å². The summed E-state index contributed by atoms with van der Waals surface area (Å²) in [5.74, 6) is -0.740. The summed E-state index contributed by atoms with van der Waals surface area (Å²) in [6.45, 7) is 3.53. The molecule has 2 aliphatic heterocycles. The fourth-order valence-corrected chi connectivity index (χ4v) is 2.83. The Balaban J connectivity index is 1.91. The van der Waals surface area contributed by atoms with Gasteiger partial charge in [-0.05, 0) is 25.7 Å². The summed E-state index contributed by atoms with van der Waals surface area (Å²) in [4.78, 5) is 25.1. The van der Waals surface area contributed by atoms with Gasteiger partial charge in [0.25, 0.3) is 0 Å². The molecule has 2 saturated heterocycles. The first kappa shape index (κ1) is 13.3. The number of carboxylic acid groups (broad SMARTS) is 1. The van der Waals surface area contributed by atoms with Crippen LogP contribution in [-0.4, -0.2) is 47.7 Å². The zero-order valence-corrected chi connectivity index (χ0v) is 10.9. The molecule has 18 heavy (non-hydrogen) atoms. The van der Waals surface area contributed by atoms with Crippen LogP contribution in [0.15, 0.2) is 0 Å². The maximum atomic E-state index is 12.1. The summed E-state index contributed by atoms with van der Waals surface area (Å²) < 4.78 is 5.45. The van der Waals surface area contributed by atoms with Gasteiger partial charge in [0.2, 0.25) is 5.91 Å². The van der Waals surface area contributed by atoms with E-state index in [-0.39, 0.29) is 12.0 Å². The third-order valence-corrected chi connectivity index (χ3v) is 4.26. The third-order valence-electron chi connectivity index (χ3n) is 4.26. The highest BCUT2D eigenvalue weighted by Gasteiger charge is 2.44. The molecule has 0 spiro atoms. The molecular weight excluding hydrogens is 234 g/mol. The van der Waals surface area contributed by atoms with Gasteiger partial charge in [-0.25, -0.2) is 0 Å². The Hall–Kier alpha value is -1.10.